The van der Waals surface area contributed by atoms with Gasteiger partial charge in [0.05, 0.1) is 12.8 Å². The van der Waals surface area contributed by atoms with Crippen molar-refractivity contribution in [2.75, 3.05) is 12.4 Å². The van der Waals surface area contributed by atoms with Crippen LogP contribution in [0.4, 0.5) is 10.5 Å². The van der Waals surface area contributed by atoms with Gasteiger partial charge in [-0.05, 0) is 37.8 Å². The monoisotopic (exact) mass is 407 g/mol. The molecule has 2 fully saturated rings. The molecule has 2 aromatic carbocycles. The van der Waals surface area contributed by atoms with Crippen LogP contribution < -0.4 is 20.7 Å². The Hall–Kier alpha value is -3.55. The zero-order valence-corrected chi connectivity index (χ0v) is 16.4. The van der Waals surface area contributed by atoms with Crippen LogP contribution in [0.3, 0.4) is 0 Å². The van der Waals surface area contributed by atoms with Crippen LogP contribution in [-0.2, 0) is 9.59 Å². The Balaban J connectivity index is 1.36. The van der Waals surface area contributed by atoms with E-state index in [9.17, 15) is 14.4 Å². The molecule has 154 valence electrons. The summed E-state index contributed by atoms with van der Waals surface area (Å²) >= 11 is 0. The Bertz CT molecular complexity index is 1190. The predicted octanol–water partition coefficient (Wildman–Crippen LogP) is 3.30. The highest BCUT2D eigenvalue weighted by Crippen LogP contribution is 2.38. The molecule has 0 radical (unpaired) electrons. The molecule has 1 saturated heterocycles. The summed E-state index contributed by atoms with van der Waals surface area (Å²) in [6, 6.07) is 10.9. The third-order valence-corrected chi connectivity index (χ3v) is 6.18. The topological polar surface area (TPSA) is 110 Å². The van der Waals surface area contributed by atoms with E-state index in [-0.39, 0.29) is 17.7 Å². The van der Waals surface area contributed by atoms with Crippen LogP contribution in [0.15, 0.2) is 40.8 Å². The summed E-state index contributed by atoms with van der Waals surface area (Å²) in [5, 5.41) is 9.86. The van der Waals surface area contributed by atoms with Gasteiger partial charge in [-0.25, -0.2) is 4.79 Å². The molecule has 5 rings (SSSR count). The quantitative estimate of drug-likeness (QED) is 0.577. The average molecular weight is 407 g/mol. The van der Waals surface area contributed by atoms with Crippen molar-refractivity contribution in [2.24, 2.45) is 5.92 Å². The Labute approximate surface area is 171 Å². The first-order chi connectivity index (χ1) is 14.5. The van der Waals surface area contributed by atoms with Crippen LogP contribution in [-0.4, -0.2) is 30.5 Å². The number of hydrogen-bond acceptors (Lipinski definition) is 5. The summed E-state index contributed by atoms with van der Waals surface area (Å²) in [5.41, 5.74) is 1.10. The number of anilines is 1. The normalized spacial score (nSPS) is 23.6. The molecule has 3 aromatic rings. The van der Waals surface area contributed by atoms with E-state index in [4.69, 9.17) is 9.15 Å². The maximum Gasteiger partial charge on any atom is 0.322 e. The van der Waals surface area contributed by atoms with Gasteiger partial charge in [-0.15, -0.1) is 0 Å². The number of furan rings is 1. The number of carbonyl (C=O) groups is 3. The summed E-state index contributed by atoms with van der Waals surface area (Å²) in [6.07, 6.45) is 1.88. The SMILES string of the molecule is COc1cc2c(cc1NC(=O)C1CCC3(CC1)NC(=O)NC3=O)oc1ccccc12. The van der Waals surface area contributed by atoms with E-state index < -0.39 is 11.6 Å². The molecule has 2 heterocycles. The number of urea groups is 1. The van der Waals surface area contributed by atoms with E-state index in [2.05, 4.69) is 16.0 Å². The molecule has 1 aliphatic carbocycles. The van der Waals surface area contributed by atoms with Gasteiger partial charge in [0.2, 0.25) is 5.91 Å². The van der Waals surface area contributed by atoms with Gasteiger partial charge in [0.25, 0.3) is 5.91 Å². The molecular formula is C22H21N3O5. The number of methoxy groups -OCH3 is 1. The van der Waals surface area contributed by atoms with Crippen molar-refractivity contribution in [1.29, 1.82) is 0 Å². The number of ether oxygens (including phenoxy) is 1. The second kappa shape index (κ2) is 6.76. The number of imide groups is 1. The van der Waals surface area contributed by atoms with Crippen molar-refractivity contribution in [1.82, 2.24) is 10.6 Å². The predicted molar refractivity (Wildman–Crippen MR) is 110 cm³/mol. The number of fused-ring (bicyclic) bond motifs is 3. The Morgan fingerprint density at radius 1 is 1.13 bits per heavy atom. The van der Waals surface area contributed by atoms with Gasteiger partial charge in [-0.2, -0.15) is 0 Å². The third kappa shape index (κ3) is 2.87. The highest BCUT2D eigenvalue weighted by molar-refractivity contribution is 6.08. The number of benzene rings is 2. The van der Waals surface area contributed by atoms with Crippen LogP contribution in [0.25, 0.3) is 21.9 Å². The molecule has 1 spiro atoms. The van der Waals surface area contributed by atoms with Crippen LogP contribution in [0.1, 0.15) is 25.7 Å². The van der Waals surface area contributed by atoms with Crippen LogP contribution in [0.2, 0.25) is 0 Å². The first-order valence-electron chi connectivity index (χ1n) is 9.93. The molecular weight excluding hydrogens is 386 g/mol. The van der Waals surface area contributed by atoms with E-state index in [1.165, 1.54) is 0 Å². The highest BCUT2D eigenvalue weighted by atomic mass is 16.5. The van der Waals surface area contributed by atoms with E-state index in [0.29, 0.717) is 42.7 Å². The number of para-hydroxylation sites is 1. The average Bonchev–Trinajstić information content (AvgIpc) is 3.23. The molecule has 30 heavy (non-hydrogen) atoms. The first kappa shape index (κ1) is 18.5. The van der Waals surface area contributed by atoms with E-state index in [1.807, 2.05) is 30.3 Å². The lowest BCUT2D eigenvalue weighted by Gasteiger charge is -2.33. The lowest BCUT2D eigenvalue weighted by atomic mass is 9.76. The summed E-state index contributed by atoms with van der Waals surface area (Å²) < 4.78 is 11.4. The fraction of sp³-hybridized carbons (Fsp3) is 0.318. The van der Waals surface area contributed by atoms with Crippen molar-refractivity contribution in [3.8, 4) is 5.75 Å². The summed E-state index contributed by atoms with van der Waals surface area (Å²) in [5.74, 6) is -0.138. The highest BCUT2D eigenvalue weighted by Gasteiger charge is 2.48. The van der Waals surface area contributed by atoms with Crippen LogP contribution in [0, 0.1) is 5.92 Å². The van der Waals surface area contributed by atoms with Crippen molar-refractivity contribution in [3.63, 3.8) is 0 Å². The van der Waals surface area contributed by atoms with Gasteiger partial charge in [0.15, 0.2) is 0 Å². The maximum absolute atomic E-state index is 12.9. The van der Waals surface area contributed by atoms with E-state index in [0.717, 1.165) is 16.4 Å². The number of carbonyl (C=O) groups excluding carboxylic acids is 3. The number of hydrogen-bond donors (Lipinski definition) is 3. The molecule has 1 aromatic heterocycles. The molecule has 0 unspecified atom stereocenters. The van der Waals surface area contributed by atoms with Gasteiger partial charge < -0.3 is 19.8 Å². The Morgan fingerprint density at radius 2 is 1.90 bits per heavy atom. The lowest BCUT2D eigenvalue weighted by Crippen LogP contribution is -2.50. The van der Waals surface area contributed by atoms with Crippen LogP contribution >= 0.6 is 0 Å². The fourth-order valence-corrected chi connectivity index (χ4v) is 4.51. The molecule has 1 aliphatic heterocycles. The molecule has 8 heteroatoms. The minimum Gasteiger partial charge on any atom is -0.495 e. The molecule has 0 bridgehead atoms. The van der Waals surface area contributed by atoms with Gasteiger partial charge in [-0.1, -0.05) is 18.2 Å². The van der Waals surface area contributed by atoms with E-state index >= 15 is 0 Å². The molecule has 4 amide bonds. The maximum atomic E-state index is 12.9. The second-order valence-corrected chi connectivity index (χ2v) is 7.90. The minimum atomic E-state index is -0.876. The van der Waals surface area contributed by atoms with Crippen molar-refractivity contribution >= 4 is 45.5 Å². The zero-order valence-electron chi connectivity index (χ0n) is 16.4. The van der Waals surface area contributed by atoms with Gasteiger partial charge in [-0.3, -0.25) is 14.9 Å². The number of amides is 4. The Kier molecular flexibility index (Phi) is 4.16. The summed E-state index contributed by atoms with van der Waals surface area (Å²) in [7, 11) is 1.56. The summed E-state index contributed by atoms with van der Waals surface area (Å²) in [4.78, 5) is 36.5. The molecule has 1 saturated carbocycles. The van der Waals surface area contributed by atoms with Crippen molar-refractivity contribution in [2.45, 2.75) is 31.2 Å². The fourth-order valence-electron chi connectivity index (χ4n) is 4.51. The Morgan fingerprint density at radius 3 is 2.60 bits per heavy atom. The second-order valence-electron chi connectivity index (χ2n) is 7.90. The first-order valence-corrected chi connectivity index (χ1v) is 9.93. The van der Waals surface area contributed by atoms with Gasteiger partial charge in [0, 0.05) is 22.8 Å². The number of nitrogens with one attached hydrogen (secondary N) is 3. The summed E-state index contributed by atoms with van der Waals surface area (Å²) in [6.45, 7) is 0. The standard InChI is InChI=1S/C22H21N3O5/c1-29-18-10-14-13-4-2-3-5-16(13)30-17(14)11-15(18)23-19(26)12-6-8-22(9-7-12)20(27)24-21(28)25-22/h2-5,10-12H,6-9H2,1H3,(H,23,26)(H2,24,25,27,28). The number of rotatable bonds is 3. The van der Waals surface area contributed by atoms with Crippen molar-refractivity contribution < 1.29 is 23.5 Å². The lowest BCUT2D eigenvalue weighted by molar-refractivity contribution is -0.128. The zero-order chi connectivity index (χ0) is 20.9. The minimum absolute atomic E-state index is 0.136. The third-order valence-electron chi connectivity index (χ3n) is 6.18. The largest absolute Gasteiger partial charge is 0.495 e. The molecule has 3 N–H and O–H groups in total. The molecule has 0 atom stereocenters. The smallest absolute Gasteiger partial charge is 0.322 e. The molecule has 2 aliphatic rings. The molecule has 8 nitrogen and oxygen atoms in total. The van der Waals surface area contributed by atoms with Gasteiger partial charge in [0.1, 0.15) is 22.5 Å². The van der Waals surface area contributed by atoms with Crippen LogP contribution in [0.5, 0.6) is 5.75 Å². The van der Waals surface area contributed by atoms with E-state index in [1.54, 1.807) is 13.2 Å². The van der Waals surface area contributed by atoms with Gasteiger partial charge >= 0.3 is 6.03 Å². The van der Waals surface area contributed by atoms with Crippen molar-refractivity contribution in [3.05, 3.63) is 36.4 Å².